The van der Waals surface area contributed by atoms with E-state index in [0.717, 1.165) is 11.1 Å². The number of pyridine rings is 1. The minimum absolute atomic E-state index is 0.0548. The third kappa shape index (κ3) is 6.42. The minimum Gasteiger partial charge on any atom is -0.437 e. The lowest BCUT2D eigenvalue weighted by Crippen LogP contribution is -2.28. The average molecular weight is 388 g/mol. The van der Waals surface area contributed by atoms with Crippen molar-refractivity contribution in [3.8, 4) is 11.6 Å². The number of carbonyl (C=O) groups is 1. The Balaban J connectivity index is 2.05. The molecule has 7 heteroatoms. The Hall–Kier alpha value is -2.86. The fourth-order valence-electron chi connectivity index (χ4n) is 2.29. The first-order valence-corrected chi connectivity index (χ1v) is 8.73. The van der Waals surface area contributed by atoms with Crippen LogP contribution < -0.4 is 10.1 Å². The van der Waals surface area contributed by atoms with Gasteiger partial charge in [-0.15, -0.1) is 0 Å². The van der Waals surface area contributed by atoms with E-state index in [4.69, 9.17) is 21.2 Å². The predicted octanol–water partition coefficient (Wildman–Crippen LogP) is 4.44. The van der Waals surface area contributed by atoms with Gasteiger partial charge in [0, 0.05) is 30.8 Å². The van der Waals surface area contributed by atoms with Crippen molar-refractivity contribution in [1.29, 1.82) is 0 Å². The molecule has 1 heterocycles. The van der Waals surface area contributed by atoms with Crippen molar-refractivity contribution in [2.24, 2.45) is 5.16 Å². The van der Waals surface area contributed by atoms with Gasteiger partial charge in [0.15, 0.2) is 0 Å². The molecule has 1 atom stereocenters. The van der Waals surface area contributed by atoms with Crippen LogP contribution in [0.15, 0.2) is 47.8 Å². The van der Waals surface area contributed by atoms with E-state index in [1.807, 2.05) is 38.1 Å². The summed E-state index contributed by atoms with van der Waals surface area (Å²) in [5.41, 5.74) is 2.46. The Morgan fingerprint density at radius 3 is 2.67 bits per heavy atom. The van der Waals surface area contributed by atoms with Crippen LogP contribution >= 0.6 is 11.6 Å². The van der Waals surface area contributed by atoms with Crippen LogP contribution in [0.2, 0.25) is 5.02 Å². The fraction of sp³-hybridized carbons (Fsp3) is 0.250. The number of hydrogen-bond acceptors (Lipinski definition) is 5. The highest BCUT2D eigenvalue weighted by Crippen LogP contribution is 2.29. The van der Waals surface area contributed by atoms with Crippen molar-refractivity contribution >= 4 is 29.3 Å². The Bertz CT molecular complexity index is 848. The number of oxime groups is 1. The minimum atomic E-state index is -0.0689. The van der Waals surface area contributed by atoms with E-state index in [1.54, 1.807) is 24.4 Å². The maximum absolute atomic E-state index is 11.0. The SMILES string of the molecule is CO/N=C(\C)c1ccc(Oc2ccc(/C=C/[C@H](C)NC(C)=O)cn2)c(Cl)c1. The van der Waals surface area contributed by atoms with Crippen molar-refractivity contribution in [3.05, 3.63) is 58.8 Å². The van der Waals surface area contributed by atoms with E-state index in [0.29, 0.717) is 22.4 Å². The topological polar surface area (TPSA) is 72.8 Å². The Labute approximate surface area is 163 Å². The van der Waals surface area contributed by atoms with Gasteiger partial charge >= 0.3 is 0 Å². The van der Waals surface area contributed by atoms with Crippen LogP contribution in [0.25, 0.3) is 6.08 Å². The molecule has 6 nitrogen and oxygen atoms in total. The van der Waals surface area contributed by atoms with Crippen LogP contribution in [-0.2, 0) is 9.63 Å². The van der Waals surface area contributed by atoms with Gasteiger partial charge < -0.3 is 14.9 Å². The van der Waals surface area contributed by atoms with Crippen molar-refractivity contribution in [2.75, 3.05) is 7.11 Å². The predicted molar refractivity (Wildman–Crippen MR) is 107 cm³/mol. The average Bonchev–Trinajstić information content (AvgIpc) is 2.62. The fourth-order valence-corrected chi connectivity index (χ4v) is 2.50. The first-order valence-electron chi connectivity index (χ1n) is 8.36. The van der Waals surface area contributed by atoms with Crippen LogP contribution in [-0.4, -0.2) is 29.8 Å². The van der Waals surface area contributed by atoms with Crippen LogP contribution in [0.3, 0.4) is 0 Å². The number of amides is 1. The molecule has 0 fully saturated rings. The molecular formula is C20H22ClN3O3. The van der Waals surface area contributed by atoms with Gasteiger partial charge in [-0.2, -0.15) is 0 Å². The molecule has 0 aliphatic rings. The van der Waals surface area contributed by atoms with Crippen molar-refractivity contribution in [1.82, 2.24) is 10.3 Å². The summed E-state index contributed by atoms with van der Waals surface area (Å²) in [4.78, 5) is 20.0. The van der Waals surface area contributed by atoms with Crippen LogP contribution in [0.1, 0.15) is 31.9 Å². The molecular weight excluding hydrogens is 366 g/mol. The second kappa shape index (κ2) is 9.73. The van der Waals surface area contributed by atoms with Crippen molar-refractivity contribution in [3.63, 3.8) is 0 Å². The van der Waals surface area contributed by atoms with Gasteiger partial charge in [-0.3, -0.25) is 4.79 Å². The molecule has 0 saturated heterocycles. The lowest BCUT2D eigenvalue weighted by atomic mass is 10.1. The molecule has 1 aromatic carbocycles. The first-order chi connectivity index (χ1) is 12.9. The van der Waals surface area contributed by atoms with E-state index in [1.165, 1.54) is 14.0 Å². The molecule has 0 unspecified atom stereocenters. The summed E-state index contributed by atoms with van der Waals surface area (Å²) in [5.74, 6) is 0.861. The van der Waals surface area contributed by atoms with Crippen LogP contribution in [0.4, 0.5) is 0 Å². The van der Waals surface area contributed by atoms with Gasteiger partial charge in [0.05, 0.1) is 10.7 Å². The quantitative estimate of drug-likeness (QED) is 0.563. The highest BCUT2D eigenvalue weighted by molar-refractivity contribution is 6.32. The summed E-state index contributed by atoms with van der Waals surface area (Å²) in [7, 11) is 1.49. The molecule has 0 radical (unpaired) electrons. The zero-order valence-electron chi connectivity index (χ0n) is 15.7. The van der Waals surface area contributed by atoms with E-state index in [2.05, 4.69) is 15.5 Å². The lowest BCUT2D eigenvalue weighted by molar-refractivity contribution is -0.119. The highest BCUT2D eigenvalue weighted by Gasteiger charge is 2.07. The summed E-state index contributed by atoms with van der Waals surface area (Å²) in [6.07, 6.45) is 5.46. The number of ether oxygens (including phenoxy) is 1. The summed E-state index contributed by atoms with van der Waals surface area (Å²) >= 11 is 6.29. The van der Waals surface area contributed by atoms with Gasteiger partial charge in [0.2, 0.25) is 11.8 Å². The van der Waals surface area contributed by atoms with Crippen LogP contribution in [0, 0.1) is 0 Å². The molecule has 0 aliphatic heterocycles. The zero-order valence-corrected chi connectivity index (χ0v) is 16.4. The number of halogens is 1. The number of benzene rings is 1. The smallest absolute Gasteiger partial charge is 0.219 e. The molecule has 2 rings (SSSR count). The number of carbonyl (C=O) groups excluding carboxylic acids is 1. The second-order valence-corrected chi connectivity index (χ2v) is 6.29. The summed E-state index contributed by atoms with van der Waals surface area (Å²) < 4.78 is 5.74. The molecule has 1 N–H and O–H groups in total. The van der Waals surface area contributed by atoms with Gasteiger partial charge in [0.25, 0.3) is 0 Å². The van der Waals surface area contributed by atoms with E-state index >= 15 is 0 Å². The first kappa shape index (κ1) is 20.5. The number of aromatic nitrogens is 1. The highest BCUT2D eigenvalue weighted by atomic mass is 35.5. The Morgan fingerprint density at radius 1 is 1.30 bits per heavy atom. The van der Waals surface area contributed by atoms with Crippen molar-refractivity contribution in [2.45, 2.75) is 26.8 Å². The normalized spacial score (nSPS) is 12.7. The largest absolute Gasteiger partial charge is 0.437 e. The molecule has 1 aromatic heterocycles. The summed E-state index contributed by atoms with van der Waals surface area (Å²) in [5, 5.41) is 7.11. The zero-order chi connectivity index (χ0) is 19.8. The monoisotopic (exact) mass is 387 g/mol. The molecule has 27 heavy (non-hydrogen) atoms. The molecule has 2 aromatic rings. The number of nitrogens with zero attached hydrogens (tertiary/aromatic N) is 2. The number of rotatable bonds is 7. The number of nitrogens with one attached hydrogen (secondary N) is 1. The van der Waals surface area contributed by atoms with E-state index in [-0.39, 0.29) is 11.9 Å². The van der Waals surface area contributed by atoms with Crippen molar-refractivity contribution < 1.29 is 14.4 Å². The molecule has 1 amide bonds. The van der Waals surface area contributed by atoms with Gasteiger partial charge in [-0.05, 0) is 43.7 Å². The summed E-state index contributed by atoms with van der Waals surface area (Å²) in [6, 6.07) is 8.94. The Kier molecular flexibility index (Phi) is 7.37. The standard InChI is InChI=1S/C20H22ClN3O3/c1-13(23-15(3)25)5-6-16-7-10-20(22-12-16)27-19-9-8-17(11-18(19)21)14(2)24-26-4/h5-13H,1-4H3,(H,23,25)/b6-5+,24-14+/t13-/m0/s1. The number of hydrogen-bond donors (Lipinski definition) is 1. The Morgan fingerprint density at radius 2 is 2.07 bits per heavy atom. The summed E-state index contributed by atoms with van der Waals surface area (Å²) in [6.45, 7) is 5.21. The molecule has 0 spiro atoms. The van der Waals surface area contributed by atoms with Gasteiger partial charge in [0.1, 0.15) is 12.9 Å². The maximum atomic E-state index is 11.0. The molecule has 142 valence electrons. The maximum Gasteiger partial charge on any atom is 0.219 e. The third-order valence-electron chi connectivity index (χ3n) is 3.56. The van der Waals surface area contributed by atoms with E-state index in [9.17, 15) is 4.79 Å². The van der Waals surface area contributed by atoms with E-state index < -0.39 is 0 Å². The van der Waals surface area contributed by atoms with Crippen LogP contribution in [0.5, 0.6) is 11.6 Å². The molecule has 0 aliphatic carbocycles. The van der Waals surface area contributed by atoms with Gasteiger partial charge in [-0.25, -0.2) is 4.98 Å². The third-order valence-corrected chi connectivity index (χ3v) is 3.86. The van der Waals surface area contributed by atoms with Gasteiger partial charge in [-0.1, -0.05) is 28.9 Å². The lowest BCUT2D eigenvalue weighted by Gasteiger charge is -2.09. The molecule has 0 saturated carbocycles. The molecule has 0 bridgehead atoms. The second-order valence-electron chi connectivity index (χ2n) is 5.88.